The van der Waals surface area contributed by atoms with Crippen LogP contribution in [-0.2, 0) is 0 Å². The molecule has 2 atom stereocenters. The molecule has 2 saturated carbocycles. The Kier molecular flexibility index (Phi) is 3.22. The molecule has 2 aliphatic carbocycles. The van der Waals surface area contributed by atoms with Gasteiger partial charge in [0, 0.05) is 31.2 Å². The number of hydrogen-bond acceptors (Lipinski definition) is 2. The Hall–Kier alpha value is -0.0800. The molecule has 3 rings (SSSR count). The van der Waals surface area contributed by atoms with Gasteiger partial charge in [-0.05, 0) is 50.4 Å². The zero-order valence-electron chi connectivity index (χ0n) is 12.5. The van der Waals surface area contributed by atoms with Gasteiger partial charge < -0.3 is 5.32 Å². The highest BCUT2D eigenvalue weighted by molar-refractivity contribution is 5.05. The number of piperazine rings is 1. The molecule has 1 heterocycles. The van der Waals surface area contributed by atoms with E-state index in [4.69, 9.17) is 0 Å². The molecule has 0 bridgehead atoms. The Morgan fingerprint density at radius 2 is 1.94 bits per heavy atom. The van der Waals surface area contributed by atoms with Gasteiger partial charge in [0.05, 0.1) is 0 Å². The first kappa shape index (κ1) is 12.9. The van der Waals surface area contributed by atoms with Gasteiger partial charge >= 0.3 is 0 Å². The predicted octanol–water partition coefficient (Wildman–Crippen LogP) is 3.03. The van der Waals surface area contributed by atoms with E-state index in [0.717, 1.165) is 12.0 Å². The normalized spacial score (nSPS) is 40.5. The number of nitrogens with zero attached hydrogens (tertiary/aromatic N) is 1. The van der Waals surface area contributed by atoms with Crippen molar-refractivity contribution in [3.8, 4) is 0 Å². The quantitative estimate of drug-likeness (QED) is 0.825. The lowest BCUT2D eigenvalue weighted by molar-refractivity contribution is 0.00997. The molecule has 1 N–H and O–H groups in total. The van der Waals surface area contributed by atoms with Gasteiger partial charge in [0.2, 0.25) is 0 Å². The van der Waals surface area contributed by atoms with Crippen LogP contribution in [-0.4, -0.2) is 36.1 Å². The minimum Gasteiger partial charge on any atom is -0.308 e. The molecule has 1 aliphatic heterocycles. The molecule has 18 heavy (non-hydrogen) atoms. The van der Waals surface area contributed by atoms with Crippen molar-refractivity contribution >= 4 is 0 Å². The highest BCUT2D eigenvalue weighted by Gasteiger charge is 2.47. The first-order valence-electron chi connectivity index (χ1n) is 8.04. The smallest absolute Gasteiger partial charge is 0.0309 e. The van der Waals surface area contributed by atoms with Gasteiger partial charge in [-0.3, -0.25) is 4.90 Å². The Morgan fingerprint density at radius 1 is 1.22 bits per heavy atom. The second-order valence-electron chi connectivity index (χ2n) is 7.70. The summed E-state index contributed by atoms with van der Waals surface area (Å²) in [4.78, 5) is 2.83. The Bertz CT molecular complexity index is 306. The first-order chi connectivity index (χ1) is 8.55. The van der Waals surface area contributed by atoms with Gasteiger partial charge in [0.1, 0.15) is 0 Å². The molecule has 3 aliphatic rings. The van der Waals surface area contributed by atoms with Gasteiger partial charge in [0.25, 0.3) is 0 Å². The topological polar surface area (TPSA) is 15.3 Å². The summed E-state index contributed by atoms with van der Waals surface area (Å²) in [7, 11) is 0. The summed E-state index contributed by atoms with van der Waals surface area (Å²) in [6, 6.07) is 0.772. The fourth-order valence-electron chi connectivity index (χ4n) is 4.10. The van der Waals surface area contributed by atoms with E-state index >= 15 is 0 Å². The molecular weight excluding hydrogens is 220 g/mol. The van der Waals surface area contributed by atoms with Crippen LogP contribution < -0.4 is 5.32 Å². The molecule has 104 valence electrons. The Morgan fingerprint density at radius 3 is 2.44 bits per heavy atom. The van der Waals surface area contributed by atoms with Crippen LogP contribution in [0.2, 0.25) is 0 Å². The van der Waals surface area contributed by atoms with E-state index in [2.05, 4.69) is 31.0 Å². The summed E-state index contributed by atoms with van der Waals surface area (Å²) < 4.78 is 0. The third-order valence-electron chi connectivity index (χ3n) is 5.88. The summed E-state index contributed by atoms with van der Waals surface area (Å²) >= 11 is 0. The zero-order chi connectivity index (χ0) is 12.8. The van der Waals surface area contributed by atoms with Crippen molar-refractivity contribution in [2.24, 2.45) is 11.3 Å². The lowest BCUT2D eigenvalue weighted by Gasteiger charge is -2.51. The number of nitrogens with one attached hydrogen (secondary N) is 1. The highest BCUT2D eigenvalue weighted by Crippen LogP contribution is 2.44. The van der Waals surface area contributed by atoms with E-state index in [1.807, 2.05) is 0 Å². The summed E-state index contributed by atoms with van der Waals surface area (Å²) in [5.74, 6) is 0.951. The third kappa shape index (κ3) is 2.34. The lowest BCUT2D eigenvalue weighted by Crippen LogP contribution is -2.65. The van der Waals surface area contributed by atoms with Crippen LogP contribution in [0.4, 0.5) is 0 Å². The zero-order valence-corrected chi connectivity index (χ0v) is 12.5. The van der Waals surface area contributed by atoms with E-state index in [1.165, 1.54) is 58.2 Å². The Labute approximate surface area is 113 Å². The number of rotatable bonds is 4. The van der Waals surface area contributed by atoms with Crippen molar-refractivity contribution < 1.29 is 0 Å². The average molecular weight is 250 g/mol. The molecule has 2 heteroatoms. The van der Waals surface area contributed by atoms with Crippen molar-refractivity contribution in [1.82, 2.24) is 10.2 Å². The fraction of sp³-hybridized carbons (Fsp3) is 1.00. The summed E-state index contributed by atoms with van der Waals surface area (Å²) in [5, 5.41) is 3.87. The largest absolute Gasteiger partial charge is 0.308 e. The molecule has 0 aromatic carbocycles. The van der Waals surface area contributed by atoms with E-state index in [-0.39, 0.29) is 0 Å². The van der Waals surface area contributed by atoms with Crippen molar-refractivity contribution in [3.63, 3.8) is 0 Å². The maximum Gasteiger partial charge on any atom is 0.0309 e. The lowest BCUT2D eigenvalue weighted by atomic mass is 9.69. The second kappa shape index (κ2) is 4.49. The molecular formula is C16H30N2. The summed E-state index contributed by atoms with van der Waals surface area (Å²) in [5.41, 5.74) is 1.04. The van der Waals surface area contributed by atoms with Crippen LogP contribution in [0.25, 0.3) is 0 Å². The summed E-state index contributed by atoms with van der Waals surface area (Å²) in [6.07, 6.45) is 8.56. The van der Waals surface area contributed by atoms with Crippen LogP contribution in [0.1, 0.15) is 59.3 Å². The minimum atomic E-state index is 0.409. The van der Waals surface area contributed by atoms with E-state index in [0.29, 0.717) is 11.0 Å². The van der Waals surface area contributed by atoms with Gasteiger partial charge in [-0.2, -0.15) is 0 Å². The average Bonchev–Trinajstić information content (AvgIpc) is 3.11. The second-order valence-corrected chi connectivity index (χ2v) is 7.70. The molecule has 1 saturated heterocycles. The monoisotopic (exact) mass is 250 g/mol. The van der Waals surface area contributed by atoms with Crippen LogP contribution in [0.5, 0.6) is 0 Å². The van der Waals surface area contributed by atoms with Gasteiger partial charge in [0.15, 0.2) is 0 Å². The maximum absolute atomic E-state index is 3.87. The molecule has 0 spiro atoms. The van der Waals surface area contributed by atoms with Crippen molar-refractivity contribution in [2.75, 3.05) is 19.6 Å². The fourth-order valence-corrected chi connectivity index (χ4v) is 4.10. The van der Waals surface area contributed by atoms with Crippen molar-refractivity contribution in [1.29, 1.82) is 0 Å². The van der Waals surface area contributed by atoms with E-state index < -0.39 is 0 Å². The molecule has 0 aromatic rings. The maximum atomic E-state index is 3.87. The first-order valence-corrected chi connectivity index (χ1v) is 8.04. The minimum absolute atomic E-state index is 0.409. The van der Waals surface area contributed by atoms with Crippen molar-refractivity contribution in [2.45, 2.75) is 70.9 Å². The van der Waals surface area contributed by atoms with Crippen LogP contribution in [0, 0.1) is 11.3 Å². The van der Waals surface area contributed by atoms with Crippen LogP contribution >= 0.6 is 0 Å². The van der Waals surface area contributed by atoms with Gasteiger partial charge in [-0.1, -0.05) is 20.3 Å². The molecule has 0 radical (unpaired) electrons. The number of hydrogen-bond donors (Lipinski definition) is 1. The highest BCUT2D eigenvalue weighted by atomic mass is 15.3. The SMILES string of the molecule is CCC1CNC(C)(C2CC2)CN1CC1(C)CCC1. The van der Waals surface area contributed by atoms with Crippen molar-refractivity contribution in [3.05, 3.63) is 0 Å². The van der Waals surface area contributed by atoms with Gasteiger partial charge in [-0.25, -0.2) is 0 Å². The molecule has 3 fully saturated rings. The van der Waals surface area contributed by atoms with E-state index in [9.17, 15) is 0 Å². The summed E-state index contributed by atoms with van der Waals surface area (Å²) in [6.45, 7) is 11.1. The molecule has 2 unspecified atom stereocenters. The van der Waals surface area contributed by atoms with E-state index in [1.54, 1.807) is 0 Å². The molecule has 0 amide bonds. The predicted molar refractivity (Wildman–Crippen MR) is 76.7 cm³/mol. The van der Waals surface area contributed by atoms with Crippen LogP contribution in [0.3, 0.4) is 0 Å². The molecule has 0 aromatic heterocycles. The standard InChI is InChI=1S/C16H30N2/c1-4-14-10-17-16(3,13-6-7-13)12-18(14)11-15(2)8-5-9-15/h13-14,17H,4-12H2,1-3H3. The molecule has 2 nitrogen and oxygen atoms in total. The third-order valence-corrected chi connectivity index (χ3v) is 5.88. The Balaban J connectivity index is 1.67. The van der Waals surface area contributed by atoms with Crippen LogP contribution in [0.15, 0.2) is 0 Å². The van der Waals surface area contributed by atoms with Gasteiger partial charge in [-0.15, -0.1) is 0 Å².